The Hall–Kier alpha value is 0.320. The summed E-state index contributed by atoms with van der Waals surface area (Å²) in [5, 5.41) is 2.41. The Bertz CT molecular complexity index is 574. The van der Waals surface area contributed by atoms with Crippen molar-refractivity contribution in [3.63, 3.8) is 0 Å². The molecule has 2 aromatic rings. The van der Waals surface area contributed by atoms with Crippen LogP contribution >= 0.6 is 70.7 Å². The molecule has 0 bridgehead atoms. The fraction of sp³-hybridized carbons (Fsp3) is 0. The summed E-state index contributed by atoms with van der Waals surface area (Å²) in [4.78, 5) is 12.9. The van der Waals surface area contributed by atoms with Crippen LogP contribution in [0.2, 0.25) is 5.02 Å². The molecule has 0 fully saturated rings. The van der Waals surface area contributed by atoms with E-state index in [1.165, 1.54) is 11.3 Å². The number of hydrogen-bond donors (Lipinski definition) is 0. The van der Waals surface area contributed by atoms with Gasteiger partial charge in [0.05, 0.1) is 9.35 Å². The summed E-state index contributed by atoms with van der Waals surface area (Å²) >= 11 is 17.4. The van der Waals surface area contributed by atoms with Crippen LogP contribution in [0, 0.1) is 0 Å². The normalized spacial score (nSPS) is 10.6. The van der Waals surface area contributed by atoms with Crippen LogP contribution in [0.4, 0.5) is 0 Å². The topological polar surface area (TPSA) is 17.1 Å². The summed E-state index contributed by atoms with van der Waals surface area (Å²) in [6.07, 6.45) is 0. The largest absolute Gasteiger partial charge is 0.288 e. The van der Waals surface area contributed by atoms with Crippen molar-refractivity contribution in [2.75, 3.05) is 0 Å². The highest BCUT2D eigenvalue weighted by Crippen LogP contribution is 2.34. The summed E-state index contributed by atoms with van der Waals surface area (Å²) in [6.45, 7) is 0. The Labute approximate surface area is 133 Å². The minimum absolute atomic E-state index is 0.0456. The number of rotatable bonds is 2. The summed E-state index contributed by atoms with van der Waals surface area (Å²) in [5.41, 5.74) is 0.569. The van der Waals surface area contributed by atoms with Gasteiger partial charge in [0.2, 0.25) is 5.78 Å². The van der Waals surface area contributed by atoms with E-state index in [4.69, 9.17) is 11.6 Å². The zero-order chi connectivity index (χ0) is 12.6. The van der Waals surface area contributed by atoms with Gasteiger partial charge < -0.3 is 0 Å². The minimum Gasteiger partial charge on any atom is -0.288 e. The second-order valence-electron chi connectivity index (χ2n) is 3.21. The fourth-order valence-corrected chi connectivity index (χ4v) is 4.27. The Morgan fingerprint density at radius 2 is 1.88 bits per heavy atom. The molecule has 0 atom stereocenters. The lowest BCUT2D eigenvalue weighted by atomic mass is 10.1. The van der Waals surface area contributed by atoms with Crippen LogP contribution in [0.3, 0.4) is 0 Å². The van der Waals surface area contributed by atoms with Crippen molar-refractivity contribution in [3.8, 4) is 0 Å². The van der Waals surface area contributed by atoms with Gasteiger partial charge in [-0.15, -0.1) is 11.3 Å². The Morgan fingerprint density at radius 3 is 2.41 bits per heavy atom. The predicted molar refractivity (Wildman–Crippen MR) is 82.3 cm³/mol. The molecule has 0 saturated carbocycles. The van der Waals surface area contributed by atoms with Gasteiger partial charge in [-0.05, 0) is 50.1 Å². The van der Waals surface area contributed by atoms with Crippen LogP contribution in [-0.2, 0) is 0 Å². The monoisotopic (exact) mass is 456 g/mol. The second kappa shape index (κ2) is 5.53. The van der Waals surface area contributed by atoms with E-state index in [0.717, 1.165) is 13.4 Å². The van der Waals surface area contributed by atoms with E-state index in [9.17, 15) is 4.79 Å². The molecule has 0 unspecified atom stereocenters. The van der Waals surface area contributed by atoms with E-state index in [1.807, 2.05) is 5.38 Å². The lowest BCUT2D eigenvalue weighted by molar-refractivity contribution is 0.104. The molecule has 0 amide bonds. The van der Waals surface area contributed by atoms with Crippen molar-refractivity contribution in [2.45, 2.75) is 0 Å². The van der Waals surface area contributed by atoms with Gasteiger partial charge >= 0.3 is 0 Å². The number of carbonyl (C=O) groups is 1. The van der Waals surface area contributed by atoms with Gasteiger partial charge in [-0.25, -0.2) is 0 Å². The average Bonchev–Trinajstić information content (AvgIpc) is 2.57. The number of hydrogen-bond acceptors (Lipinski definition) is 2. The molecule has 1 aromatic carbocycles. The number of halogens is 4. The van der Waals surface area contributed by atoms with Crippen LogP contribution in [0.1, 0.15) is 15.2 Å². The number of thiophene rings is 1. The average molecular weight is 459 g/mol. The van der Waals surface area contributed by atoms with Crippen molar-refractivity contribution in [1.82, 2.24) is 0 Å². The van der Waals surface area contributed by atoms with Crippen molar-refractivity contribution >= 4 is 76.5 Å². The highest BCUT2D eigenvalue weighted by atomic mass is 79.9. The molecule has 1 aromatic heterocycles. The lowest BCUT2D eigenvalue weighted by Gasteiger charge is -2.01. The van der Waals surface area contributed by atoms with Gasteiger partial charge in [-0.3, -0.25) is 4.79 Å². The van der Waals surface area contributed by atoms with Gasteiger partial charge in [0.15, 0.2) is 0 Å². The zero-order valence-electron chi connectivity index (χ0n) is 8.14. The maximum Gasteiger partial charge on any atom is 0.204 e. The van der Waals surface area contributed by atoms with Gasteiger partial charge in [0.1, 0.15) is 0 Å². The molecule has 0 aliphatic heterocycles. The Kier molecular flexibility index (Phi) is 4.47. The molecule has 17 heavy (non-hydrogen) atoms. The van der Waals surface area contributed by atoms with E-state index in [1.54, 1.807) is 18.2 Å². The molecule has 0 saturated heterocycles. The third-order valence-corrected chi connectivity index (χ3v) is 6.22. The van der Waals surface area contributed by atoms with E-state index in [-0.39, 0.29) is 5.78 Å². The first-order valence-corrected chi connectivity index (χ1v) is 8.06. The smallest absolute Gasteiger partial charge is 0.204 e. The zero-order valence-corrected chi connectivity index (χ0v) is 14.5. The molecule has 6 heteroatoms. The van der Waals surface area contributed by atoms with Crippen LogP contribution in [0.25, 0.3) is 0 Å². The van der Waals surface area contributed by atoms with Crippen molar-refractivity contribution in [1.29, 1.82) is 0 Å². The molecule has 0 aliphatic carbocycles. The molecule has 0 N–H and O–H groups in total. The van der Waals surface area contributed by atoms with Crippen molar-refractivity contribution in [2.24, 2.45) is 0 Å². The summed E-state index contributed by atoms with van der Waals surface area (Å²) < 4.78 is 2.45. The maximum absolute atomic E-state index is 12.3. The van der Waals surface area contributed by atoms with Crippen LogP contribution in [0.5, 0.6) is 0 Å². The fourth-order valence-electron chi connectivity index (χ4n) is 1.29. The molecule has 0 radical (unpaired) electrons. The van der Waals surface area contributed by atoms with Gasteiger partial charge in [-0.2, -0.15) is 0 Å². The van der Waals surface area contributed by atoms with Crippen molar-refractivity contribution < 1.29 is 4.79 Å². The van der Waals surface area contributed by atoms with Crippen LogP contribution in [-0.4, -0.2) is 5.78 Å². The number of benzene rings is 1. The van der Waals surface area contributed by atoms with Gasteiger partial charge in [0, 0.05) is 24.9 Å². The molecular formula is C11H4Br3ClOS. The first-order valence-electron chi connectivity index (χ1n) is 4.42. The van der Waals surface area contributed by atoms with Crippen LogP contribution in [0.15, 0.2) is 37.0 Å². The minimum atomic E-state index is -0.0456. The second-order valence-corrected chi connectivity index (χ2v) is 7.09. The number of ketones is 1. The molecule has 2 rings (SSSR count). The van der Waals surface area contributed by atoms with E-state index in [0.29, 0.717) is 15.5 Å². The summed E-state index contributed by atoms with van der Waals surface area (Å²) in [5.74, 6) is -0.0456. The number of carbonyl (C=O) groups excluding carboxylic acids is 1. The molecule has 1 nitrogen and oxygen atoms in total. The Morgan fingerprint density at radius 1 is 1.18 bits per heavy atom. The standard InChI is InChI=1S/C11H4Br3ClOS/c12-6-1-5(2-7(15)3-6)10(16)11-9(14)8(13)4-17-11/h1-4H. The highest BCUT2D eigenvalue weighted by molar-refractivity contribution is 9.13. The van der Waals surface area contributed by atoms with E-state index >= 15 is 0 Å². The SMILES string of the molecule is O=C(c1cc(Cl)cc(Br)c1)c1scc(Br)c1Br. The Balaban J connectivity index is 2.47. The van der Waals surface area contributed by atoms with Crippen molar-refractivity contribution in [3.05, 3.63) is 52.5 Å². The molecular weight excluding hydrogens is 455 g/mol. The van der Waals surface area contributed by atoms with Crippen LogP contribution < -0.4 is 0 Å². The molecule has 0 aliphatic rings. The maximum atomic E-state index is 12.3. The van der Waals surface area contributed by atoms with Gasteiger partial charge in [-0.1, -0.05) is 27.5 Å². The lowest BCUT2D eigenvalue weighted by Crippen LogP contribution is -1.99. The summed E-state index contributed by atoms with van der Waals surface area (Å²) in [7, 11) is 0. The third-order valence-electron chi connectivity index (χ3n) is 2.02. The first kappa shape index (κ1) is 13.7. The third kappa shape index (κ3) is 3.01. The molecule has 1 heterocycles. The quantitative estimate of drug-likeness (QED) is 0.510. The van der Waals surface area contributed by atoms with Gasteiger partial charge in [0.25, 0.3) is 0 Å². The first-order chi connectivity index (χ1) is 7.99. The molecule has 88 valence electrons. The van der Waals surface area contributed by atoms with E-state index in [2.05, 4.69) is 47.8 Å². The predicted octanol–water partition coefficient (Wildman–Crippen LogP) is 5.92. The summed E-state index contributed by atoms with van der Waals surface area (Å²) in [6, 6.07) is 5.17. The molecule has 0 spiro atoms. The highest BCUT2D eigenvalue weighted by Gasteiger charge is 2.17. The van der Waals surface area contributed by atoms with E-state index < -0.39 is 0 Å².